The van der Waals surface area contributed by atoms with Gasteiger partial charge in [0.25, 0.3) is 11.9 Å². The van der Waals surface area contributed by atoms with Gasteiger partial charge in [0, 0.05) is 18.1 Å². The third-order valence-electron chi connectivity index (χ3n) is 4.06. The number of anilines is 1. The molecule has 2 N–H and O–H groups in total. The molecule has 7 heteroatoms. The van der Waals surface area contributed by atoms with Gasteiger partial charge in [-0.15, -0.1) is 10.2 Å². The molecule has 3 aromatic carbocycles. The quantitative estimate of drug-likeness (QED) is 0.494. The van der Waals surface area contributed by atoms with E-state index in [1.165, 1.54) is 0 Å². The highest BCUT2D eigenvalue weighted by molar-refractivity contribution is 6.16. The van der Waals surface area contributed by atoms with Crippen molar-refractivity contribution in [2.45, 2.75) is 0 Å². The third-order valence-corrected chi connectivity index (χ3v) is 4.06. The number of carbonyl (C=O) groups excluding carboxylic acids is 1. The predicted molar refractivity (Wildman–Crippen MR) is 106 cm³/mol. The van der Waals surface area contributed by atoms with Crippen LogP contribution in [0.25, 0.3) is 10.8 Å². The van der Waals surface area contributed by atoms with Crippen LogP contribution in [0.3, 0.4) is 0 Å². The van der Waals surface area contributed by atoms with Gasteiger partial charge in [-0.2, -0.15) is 0 Å². The van der Waals surface area contributed by atoms with Gasteiger partial charge in [0.2, 0.25) is 0 Å². The maximum absolute atomic E-state index is 12.9. The number of hydrogen-bond donors (Lipinski definition) is 2. The van der Waals surface area contributed by atoms with Crippen LogP contribution in [0.15, 0.2) is 89.4 Å². The van der Waals surface area contributed by atoms with E-state index in [2.05, 4.69) is 25.5 Å². The molecule has 136 valence electrons. The number of hydrogen-bond acceptors (Lipinski definition) is 6. The zero-order valence-corrected chi connectivity index (χ0v) is 14.6. The molecule has 0 unspecified atom stereocenters. The van der Waals surface area contributed by atoms with Crippen LogP contribution in [0.2, 0.25) is 0 Å². The molecule has 7 nitrogen and oxygen atoms in total. The first-order valence-electron chi connectivity index (χ1n) is 8.52. The summed E-state index contributed by atoms with van der Waals surface area (Å²) in [5.74, 6) is -0.537. The molecule has 0 spiro atoms. The second kappa shape index (κ2) is 7.63. The Kier molecular flexibility index (Phi) is 4.71. The highest BCUT2D eigenvalue weighted by Crippen LogP contribution is 2.37. The number of aromatic hydroxyl groups is 1. The van der Waals surface area contributed by atoms with Crippen LogP contribution in [0, 0.1) is 0 Å². The van der Waals surface area contributed by atoms with E-state index in [1.54, 1.807) is 48.8 Å². The molecule has 0 aliphatic rings. The summed E-state index contributed by atoms with van der Waals surface area (Å²) >= 11 is 0. The van der Waals surface area contributed by atoms with Gasteiger partial charge in [0.15, 0.2) is 5.75 Å². The van der Waals surface area contributed by atoms with E-state index in [9.17, 15) is 9.90 Å². The molecule has 4 aromatic rings. The van der Waals surface area contributed by atoms with Gasteiger partial charge >= 0.3 is 0 Å². The topological polar surface area (TPSA) is 99.8 Å². The molecule has 1 amide bonds. The van der Waals surface area contributed by atoms with E-state index < -0.39 is 5.91 Å². The van der Waals surface area contributed by atoms with Gasteiger partial charge in [0.05, 0.1) is 5.56 Å². The van der Waals surface area contributed by atoms with Crippen LogP contribution in [0.1, 0.15) is 10.4 Å². The fourth-order valence-electron chi connectivity index (χ4n) is 2.78. The van der Waals surface area contributed by atoms with E-state index in [0.29, 0.717) is 11.1 Å². The summed E-state index contributed by atoms with van der Waals surface area (Å²) in [6, 6.07) is 19.6. The molecule has 0 bridgehead atoms. The van der Waals surface area contributed by atoms with Crippen molar-refractivity contribution in [2.24, 2.45) is 10.2 Å². The number of azo groups is 1. The number of aromatic nitrogens is 2. The number of benzene rings is 3. The summed E-state index contributed by atoms with van der Waals surface area (Å²) in [6.07, 6.45) is 3.08. The molecular weight excluding hydrogens is 354 g/mol. The molecule has 1 aromatic heterocycles. The van der Waals surface area contributed by atoms with Gasteiger partial charge in [-0.3, -0.25) is 4.79 Å². The van der Waals surface area contributed by atoms with Crippen LogP contribution in [-0.4, -0.2) is 21.0 Å². The number of phenols is 1. The summed E-state index contributed by atoms with van der Waals surface area (Å²) in [5, 5.41) is 22.9. The van der Waals surface area contributed by atoms with Crippen LogP contribution in [0.4, 0.5) is 17.3 Å². The zero-order chi connectivity index (χ0) is 19.3. The lowest BCUT2D eigenvalue weighted by atomic mass is 10.0. The van der Waals surface area contributed by atoms with E-state index in [1.807, 2.05) is 30.3 Å². The fourth-order valence-corrected chi connectivity index (χ4v) is 2.78. The van der Waals surface area contributed by atoms with Crippen LogP contribution in [0.5, 0.6) is 5.75 Å². The van der Waals surface area contributed by atoms with E-state index in [0.717, 1.165) is 5.39 Å². The van der Waals surface area contributed by atoms with Gasteiger partial charge < -0.3 is 10.4 Å². The van der Waals surface area contributed by atoms with Crippen LogP contribution >= 0.6 is 0 Å². The second-order valence-corrected chi connectivity index (χ2v) is 5.91. The minimum Gasteiger partial charge on any atom is -0.505 e. The average Bonchev–Trinajstić information content (AvgIpc) is 2.73. The van der Waals surface area contributed by atoms with Crippen molar-refractivity contribution < 1.29 is 9.90 Å². The summed E-state index contributed by atoms with van der Waals surface area (Å²) in [4.78, 5) is 20.8. The smallest absolute Gasteiger partial charge is 0.268 e. The SMILES string of the molecule is O=C(Nc1ccccc1)c1c(O)c(/N=N/c2ncccn2)cc2ccccc12. The minimum atomic E-state index is -0.437. The molecule has 0 aliphatic carbocycles. The number of carbonyl (C=O) groups is 1. The molecule has 28 heavy (non-hydrogen) atoms. The van der Waals surface area contributed by atoms with Crippen molar-refractivity contribution in [1.82, 2.24) is 9.97 Å². The lowest BCUT2D eigenvalue weighted by molar-refractivity contribution is 0.102. The molecule has 0 radical (unpaired) electrons. The monoisotopic (exact) mass is 369 g/mol. The first kappa shape index (κ1) is 17.3. The number of para-hydroxylation sites is 1. The number of phenolic OH excluding ortho intramolecular Hbond substituents is 1. The summed E-state index contributed by atoms with van der Waals surface area (Å²) < 4.78 is 0. The third kappa shape index (κ3) is 3.54. The number of nitrogens with one attached hydrogen (secondary N) is 1. The summed E-state index contributed by atoms with van der Waals surface area (Å²) in [6.45, 7) is 0. The Bertz CT molecular complexity index is 1160. The van der Waals surface area contributed by atoms with Crippen molar-refractivity contribution in [2.75, 3.05) is 5.32 Å². The van der Waals surface area contributed by atoms with E-state index >= 15 is 0 Å². The Labute approximate surface area is 160 Å². The Morgan fingerprint density at radius 2 is 1.61 bits per heavy atom. The molecule has 1 heterocycles. The maximum atomic E-state index is 12.9. The highest BCUT2D eigenvalue weighted by Gasteiger charge is 2.19. The minimum absolute atomic E-state index is 0.130. The first-order valence-corrected chi connectivity index (χ1v) is 8.52. The molecule has 0 saturated carbocycles. The maximum Gasteiger partial charge on any atom is 0.268 e. The zero-order valence-electron chi connectivity index (χ0n) is 14.6. The van der Waals surface area contributed by atoms with Crippen LogP contribution < -0.4 is 5.32 Å². The Morgan fingerprint density at radius 1 is 0.893 bits per heavy atom. The van der Waals surface area contributed by atoms with Gasteiger partial charge in [-0.05, 0) is 35.0 Å². The number of rotatable bonds is 4. The molecule has 0 fully saturated rings. The van der Waals surface area contributed by atoms with Gasteiger partial charge in [-0.25, -0.2) is 9.97 Å². The first-order chi connectivity index (χ1) is 13.7. The molecule has 0 atom stereocenters. The van der Waals surface area contributed by atoms with Crippen molar-refractivity contribution >= 4 is 34.0 Å². The summed E-state index contributed by atoms with van der Waals surface area (Å²) in [7, 11) is 0. The summed E-state index contributed by atoms with van der Waals surface area (Å²) in [5.41, 5.74) is 0.912. The fraction of sp³-hybridized carbons (Fsp3) is 0. The van der Waals surface area contributed by atoms with Gasteiger partial charge in [0.1, 0.15) is 5.69 Å². The highest BCUT2D eigenvalue weighted by atomic mass is 16.3. The normalized spacial score (nSPS) is 11.0. The Hall–Kier alpha value is -4.13. The second-order valence-electron chi connectivity index (χ2n) is 5.91. The Morgan fingerprint density at radius 3 is 2.39 bits per heavy atom. The average molecular weight is 369 g/mol. The predicted octanol–water partition coefficient (Wildman–Crippen LogP) is 5.00. The van der Waals surface area contributed by atoms with Crippen LogP contribution in [-0.2, 0) is 0 Å². The number of nitrogens with zero attached hydrogens (tertiary/aromatic N) is 4. The molecular formula is C21H15N5O2. The van der Waals surface area contributed by atoms with E-state index in [-0.39, 0.29) is 22.9 Å². The lowest BCUT2D eigenvalue weighted by Gasteiger charge is -2.11. The lowest BCUT2D eigenvalue weighted by Crippen LogP contribution is -2.12. The molecule has 4 rings (SSSR count). The molecule has 0 aliphatic heterocycles. The largest absolute Gasteiger partial charge is 0.505 e. The molecule has 0 saturated heterocycles. The van der Waals surface area contributed by atoms with Crippen molar-refractivity contribution in [3.05, 3.63) is 84.7 Å². The number of fused-ring (bicyclic) bond motifs is 1. The Balaban J connectivity index is 1.79. The van der Waals surface area contributed by atoms with Crippen molar-refractivity contribution in [1.29, 1.82) is 0 Å². The van der Waals surface area contributed by atoms with Crippen molar-refractivity contribution in [3.63, 3.8) is 0 Å². The van der Waals surface area contributed by atoms with Crippen molar-refractivity contribution in [3.8, 4) is 5.75 Å². The number of amides is 1. The standard InChI is InChI=1S/C21H15N5O2/c27-19-17(25-26-21-22-11-6-12-23-21)13-14-7-4-5-10-16(14)18(19)20(28)24-15-8-2-1-3-9-15/h1-13,27H,(H,24,28)/b26-25+. The van der Waals surface area contributed by atoms with E-state index in [4.69, 9.17) is 0 Å². The van der Waals surface area contributed by atoms with Gasteiger partial charge in [-0.1, -0.05) is 42.5 Å².